The number of aliphatic hydroxyl groups excluding tert-OH is 1. The average Bonchev–Trinajstić information content (AvgIpc) is 2.47. The Balaban J connectivity index is 5.01. The number of aliphatic carboxylic acids is 1. The van der Waals surface area contributed by atoms with Crippen molar-refractivity contribution in [3.8, 4) is 0 Å². The molecule has 6 N–H and O–H groups in total. The molecule has 0 saturated carbocycles. The first-order chi connectivity index (χ1) is 11.0. The number of carbonyl (C=O) groups is 3. The summed E-state index contributed by atoms with van der Waals surface area (Å²) in [6.45, 7) is 8.68. The van der Waals surface area contributed by atoms with Crippen LogP contribution >= 0.6 is 0 Å². The number of carboxylic acids is 1. The maximum absolute atomic E-state index is 12.3. The van der Waals surface area contributed by atoms with Crippen molar-refractivity contribution in [2.75, 3.05) is 0 Å². The van der Waals surface area contributed by atoms with Crippen LogP contribution in [0.4, 0.5) is 0 Å². The molecule has 8 heteroatoms. The molecule has 0 aromatic rings. The lowest BCUT2D eigenvalue weighted by molar-refractivity contribution is -0.144. The van der Waals surface area contributed by atoms with Crippen LogP contribution in [-0.2, 0) is 14.4 Å². The first-order valence-electron chi connectivity index (χ1n) is 8.28. The number of amides is 2. The Labute approximate surface area is 143 Å². The molecule has 0 bridgehead atoms. The van der Waals surface area contributed by atoms with Gasteiger partial charge in [-0.3, -0.25) is 9.59 Å². The summed E-state index contributed by atoms with van der Waals surface area (Å²) in [7, 11) is 0. The Morgan fingerprint density at radius 2 is 1.50 bits per heavy atom. The third-order valence-electron chi connectivity index (χ3n) is 3.90. The highest BCUT2D eigenvalue weighted by Crippen LogP contribution is 2.09. The van der Waals surface area contributed by atoms with Gasteiger partial charge in [0.15, 0.2) is 0 Å². The van der Waals surface area contributed by atoms with Crippen molar-refractivity contribution in [2.24, 2.45) is 17.6 Å². The molecule has 0 heterocycles. The fourth-order valence-electron chi connectivity index (χ4n) is 2.21. The van der Waals surface area contributed by atoms with E-state index in [1.165, 1.54) is 6.92 Å². The average molecular weight is 345 g/mol. The Morgan fingerprint density at radius 1 is 1.00 bits per heavy atom. The number of hydrogen-bond acceptors (Lipinski definition) is 5. The number of nitrogens with two attached hydrogens (primary N) is 1. The standard InChI is InChI=1S/C16H31N3O5/c1-6-9(4)12(16(23)24)18-15(22)13(10(5)20)19-14(21)11(17)7-8(2)3/h8-13,20H,6-7,17H2,1-5H3,(H,18,22)(H,19,21)(H,23,24)/t9-,10+,11-,12-,13-/m0/s1. The highest BCUT2D eigenvalue weighted by atomic mass is 16.4. The van der Waals surface area contributed by atoms with E-state index < -0.39 is 42.0 Å². The van der Waals surface area contributed by atoms with E-state index in [9.17, 15) is 24.6 Å². The molecule has 0 aliphatic rings. The summed E-state index contributed by atoms with van der Waals surface area (Å²) < 4.78 is 0. The van der Waals surface area contributed by atoms with Gasteiger partial charge in [0.25, 0.3) is 0 Å². The first kappa shape index (κ1) is 22.3. The summed E-state index contributed by atoms with van der Waals surface area (Å²) in [5, 5.41) is 23.8. The smallest absolute Gasteiger partial charge is 0.326 e. The molecule has 0 fully saturated rings. The van der Waals surface area contributed by atoms with Crippen molar-refractivity contribution in [2.45, 2.75) is 71.7 Å². The highest BCUT2D eigenvalue weighted by molar-refractivity contribution is 5.92. The fraction of sp³-hybridized carbons (Fsp3) is 0.812. The second kappa shape index (κ2) is 10.2. The van der Waals surface area contributed by atoms with E-state index in [4.69, 9.17) is 5.73 Å². The van der Waals surface area contributed by atoms with Gasteiger partial charge in [-0.2, -0.15) is 0 Å². The molecule has 8 nitrogen and oxygen atoms in total. The van der Waals surface area contributed by atoms with Crippen LogP contribution in [-0.4, -0.2) is 52.2 Å². The predicted molar refractivity (Wildman–Crippen MR) is 90.1 cm³/mol. The van der Waals surface area contributed by atoms with Crippen molar-refractivity contribution in [3.63, 3.8) is 0 Å². The van der Waals surface area contributed by atoms with Crippen LogP contribution in [0.25, 0.3) is 0 Å². The molecule has 0 rings (SSSR count). The number of nitrogens with one attached hydrogen (secondary N) is 2. The zero-order chi connectivity index (χ0) is 19.0. The Bertz CT molecular complexity index is 439. The molecule has 0 aliphatic carbocycles. The van der Waals surface area contributed by atoms with Crippen molar-refractivity contribution in [1.29, 1.82) is 0 Å². The summed E-state index contributed by atoms with van der Waals surface area (Å²) >= 11 is 0. The van der Waals surface area contributed by atoms with E-state index >= 15 is 0 Å². The Hall–Kier alpha value is -1.67. The largest absolute Gasteiger partial charge is 0.480 e. The van der Waals surface area contributed by atoms with E-state index in [2.05, 4.69) is 10.6 Å². The van der Waals surface area contributed by atoms with Crippen LogP contribution in [0.15, 0.2) is 0 Å². The van der Waals surface area contributed by atoms with E-state index in [-0.39, 0.29) is 11.8 Å². The predicted octanol–water partition coefficient (Wildman–Crippen LogP) is -0.159. The number of rotatable bonds is 10. The second-order valence-electron chi connectivity index (χ2n) is 6.67. The minimum absolute atomic E-state index is 0.200. The molecular weight excluding hydrogens is 314 g/mol. The van der Waals surface area contributed by atoms with Crippen molar-refractivity contribution in [1.82, 2.24) is 10.6 Å². The van der Waals surface area contributed by atoms with E-state index in [1.54, 1.807) is 6.92 Å². The normalized spacial score (nSPS) is 17.5. The van der Waals surface area contributed by atoms with Crippen LogP contribution in [0.2, 0.25) is 0 Å². The Morgan fingerprint density at radius 3 is 1.88 bits per heavy atom. The van der Waals surface area contributed by atoms with Gasteiger partial charge in [0.1, 0.15) is 12.1 Å². The fourth-order valence-corrected chi connectivity index (χ4v) is 2.21. The molecule has 24 heavy (non-hydrogen) atoms. The van der Waals surface area contributed by atoms with Gasteiger partial charge in [0, 0.05) is 0 Å². The second-order valence-corrected chi connectivity index (χ2v) is 6.67. The van der Waals surface area contributed by atoms with Crippen LogP contribution in [0.3, 0.4) is 0 Å². The zero-order valence-electron chi connectivity index (χ0n) is 15.1. The van der Waals surface area contributed by atoms with Gasteiger partial charge in [-0.15, -0.1) is 0 Å². The molecule has 0 aliphatic heterocycles. The summed E-state index contributed by atoms with van der Waals surface area (Å²) in [4.78, 5) is 35.7. The third kappa shape index (κ3) is 7.27. The molecule has 0 aromatic heterocycles. The number of aliphatic hydroxyl groups is 1. The third-order valence-corrected chi connectivity index (χ3v) is 3.90. The van der Waals surface area contributed by atoms with Crippen molar-refractivity contribution in [3.05, 3.63) is 0 Å². The van der Waals surface area contributed by atoms with Gasteiger partial charge in [0.05, 0.1) is 12.1 Å². The van der Waals surface area contributed by atoms with Crippen LogP contribution < -0.4 is 16.4 Å². The zero-order valence-corrected chi connectivity index (χ0v) is 15.1. The minimum atomic E-state index is -1.26. The summed E-state index contributed by atoms with van der Waals surface area (Å²) in [5.74, 6) is -2.56. The molecule has 0 saturated heterocycles. The molecule has 0 radical (unpaired) electrons. The summed E-state index contributed by atoms with van der Waals surface area (Å²) in [6.07, 6.45) is -0.195. The molecule has 0 spiro atoms. The van der Waals surface area contributed by atoms with Gasteiger partial charge in [-0.05, 0) is 25.2 Å². The van der Waals surface area contributed by atoms with E-state index in [0.29, 0.717) is 12.8 Å². The molecule has 0 unspecified atom stereocenters. The van der Waals surface area contributed by atoms with Gasteiger partial charge in [0.2, 0.25) is 11.8 Å². The lowest BCUT2D eigenvalue weighted by Crippen LogP contribution is -2.59. The maximum atomic E-state index is 12.3. The molecule has 0 aromatic carbocycles. The topological polar surface area (TPSA) is 142 Å². The van der Waals surface area contributed by atoms with Crippen LogP contribution in [0.1, 0.15) is 47.5 Å². The molecular formula is C16H31N3O5. The van der Waals surface area contributed by atoms with Gasteiger partial charge >= 0.3 is 5.97 Å². The van der Waals surface area contributed by atoms with E-state index in [1.807, 2.05) is 20.8 Å². The van der Waals surface area contributed by atoms with Crippen molar-refractivity contribution >= 4 is 17.8 Å². The lowest BCUT2D eigenvalue weighted by Gasteiger charge is -2.26. The highest BCUT2D eigenvalue weighted by Gasteiger charge is 2.32. The Kier molecular flexibility index (Phi) is 9.53. The van der Waals surface area contributed by atoms with Crippen LogP contribution in [0, 0.1) is 11.8 Å². The number of carbonyl (C=O) groups excluding carboxylic acids is 2. The van der Waals surface area contributed by atoms with Crippen molar-refractivity contribution < 1.29 is 24.6 Å². The monoisotopic (exact) mass is 345 g/mol. The van der Waals surface area contributed by atoms with Crippen LogP contribution in [0.5, 0.6) is 0 Å². The lowest BCUT2D eigenvalue weighted by atomic mass is 9.98. The summed E-state index contributed by atoms with van der Waals surface area (Å²) in [6, 6.07) is -3.16. The summed E-state index contributed by atoms with van der Waals surface area (Å²) in [5.41, 5.74) is 5.77. The minimum Gasteiger partial charge on any atom is -0.480 e. The van der Waals surface area contributed by atoms with E-state index in [0.717, 1.165) is 0 Å². The number of carboxylic acid groups (broad SMARTS) is 1. The number of hydrogen-bond donors (Lipinski definition) is 5. The molecule has 5 atom stereocenters. The van der Waals surface area contributed by atoms with Gasteiger partial charge in [-0.1, -0.05) is 34.1 Å². The van der Waals surface area contributed by atoms with Gasteiger partial charge < -0.3 is 26.6 Å². The quantitative estimate of drug-likeness (QED) is 0.372. The van der Waals surface area contributed by atoms with Gasteiger partial charge in [-0.25, -0.2) is 4.79 Å². The molecule has 2 amide bonds. The maximum Gasteiger partial charge on any atom is 0.326 e. The molecule has 140 valence electrons. The SMILES string of the molecule is CC[C@H](C)[C@H](NC(=O)[C@@H](NC(=O)[C@@H](N)CC(C)C)[C@@H](C)O)C(=O)O. The first-order valence-corrected chi connectivity index (χ1v) is 8.28.